The summed E-state index contributed by atoms with van der Waals surface area (Å²) in [6.45, 7) is 0. The second-order valence-corrected chi connectivity index (χ2v) is 7.98. The number of amides is 1. The first-order chi connectivity index (χ1) is 17.3. The van der Waals surface area contributed by atoms with E-state index in [0.717, 1.165) is 29.5 Å². The van der Waals surface area contributed by atoms with E-state index in [2.05, 4.69) is 20.3 Å². The van der Waals surface area contributed by atoms with Crippen LogP contribution in [0.25, 0.3) is 28.0 Å². The second kappa shape index (κ2) is 9.21. The van der Waals surface area contributed by atoms with Crippen molar-refractivity contribution in [3.8, 4) is 22.4 Å². The molecule has 1 amide bonds. The van der Waals surface area contributed by atoms with Gasteiger partial charge in [0.15, 0.2) is 0 Å². The predicted molar refractivity (Wildman–Crippen MR) is 125 cm³/mol. The minimum atomic E-state index is -4.57. The van der Waals surface area contributed by atoms with E-state index in [0.29, 0.717) is 16.9 Å². The molecule has 0 bridgehead atoms. The van der Waals surface area contributed by atoms with Crippen LogP contribution in [0.5, 0.6) is 0 Å². The fourth-order valence-corrected chi connectivity index (χ4v) is 3.80. The monoisotopic (exact) mass is 491 g/mol. The molecular formula is C26H17F4N5O. The lowest BCUT2D eigenvalue weighted by atomic mass is 10.1. The fraction of sp³-hybridized carbons (Fsp3) is 0.0769. The number of alkyl halides is 3. The van der Waals surface area contributed by atoms with E-state index in [4.69, 9.17) is 0 Å². The van der Waals surface area contributed by atoms with Crippen molar-refractivity contribution in [2.45, 2.75) is 12.6 Å². The summed E-state index contributed by atoms with van der Waals surface area (Å²) in [6.07, 6.45) is 2.90. The maximum atomic E-state index is 14.9. The minimum absolute atomic E-state index is 0.0945. The summed E-state index contributed by atoms with van der Waals surface area (Å²) < 4.78 is 55.3. The third kappa shape index (κ3) is 4.78. The number of rotatable bonds is 5. The zero-order valence-electron chi connectivity index (χ0n) is 18.5. The van der Waals surface area contributed by atoms with E-state index in [1.165, 1.54) is 12.1 Å². The molecule has 10 heteroatoms. The summed E-state index contributed by atoms with van der Waals surface area (Å²) in [5, 5.41) is 2.28. The Kier molecular flexibility index (Phi) is 5.93. The Bertz CT molecular complexity index is 1560. The van der Waals surface area contributed by atoms with Gasteiger partial charge in [-0.05, 0) is 59.2 Å². The topological polar surface area (TPSA) is 72.2 Å². The summed E-state index contributed by atoms with van der Waals surface area (Å²) in [5.41, 5.74) is 3.00. The molecule has 4 heterocycles. The summed E-state index contributed by atoms with van der Waals surface area (Å²) in [5.74, 6) is -1.57. The number of carbonyl (C=O) groups excluding carboxylic acids is 1. The van der Waals surface area contributed by atoms with Gasteiger partial charge in [-0.25, -0.2) is 14.4 Å². The SMILES string of the molecule is O=C(Cc1ccc(-c2cnc3cc(-c4ccncc4)ccn23)cc1F)Nc1cc(C(F)(F)F)ccn1. The van der Waals surface area contributed by atoms with E-state index in [9.17, 15) is 22.4 Å². The van der Waals surface area contributed by atoms with Crippen LogP contribution in [0.2, 0.25) is 0 Å². The molecule has 0 spiro atoms. The van der Waals surface area contributed by atoms with Crippen molar-refractivity contribution < 1.29 is 22.4 Å². The Morgan fingerprint density at radius 3 is 2.44 bits per heavy atom. The van der Waals surface area contributed by atoms with Crippen molar-refractivity contribution in [3.63, 3.8) is 0 Å². The Morgan fingerprint density at radius 1 is 0.889 bits per heavy atom. The lowest BCUT2D eigenvalue weighted by Gasteiger charge is -2.10. The van der Waals surface area contributed by atoms with Gasteiger partial charge in [-0.1, -0.05) is 12.1 Å². The summed E-state index contributed by atoms with van der Waals surface area (Å²) in [6, 6.07) is 13.6. The minimum Gasteiger partial charge on any atom is -0.310 e. The van der Waals surface area contributed by atoms with Gasteiger partial charge in [0.1, 0.15) is 17.3 Å². The molecule has 0 aliphatic heterocycles. The molecule has 1 aromatic carbocycles. The highest BCUT2D eigenvalue weighted by molar-refractivity contribution is 5.91. The zero-order chi connectivity index (χ0) is 25.3. The number of hydrogen-bond acceptors (Lipinski definition) is 4. The molecular weight excluding hydrogens is 474 g/mol. The van der Waals surface area contributed by atoms with Crippen molar-refractivity contribution in [3.05, 3.63) is 103 Å². The number of anilines is 1. The molecule has 0 atom stereocenters. The summed E-state index contributed by atoms with van der Waals surface area (Å²) >= 11 is 0. The fourth-order valence-electron chi connectivity index (χ4n) is 3.80. The average Bonchev–Trinajstić information content (AvgIpc) is 3.29. The highest BCUT2D eigenvalue weighted by atomic mass is 19.4. The van der Waals surface area contributed by atoms with Gasteiger partial charge in [-0.15, -0.1) is 0 Å². The van der Waals surface area contributed by atoms with Crippen molar-refractivity contribution >= 4 is 17.4 Å². The number of nitrogens with one attached hydrogen (secondary N) is 1. The molecule has 0 radical (unpaired) electrons. The maximum absolute atomic E-state index is 14.9. The van der Waals surface area contributed by atoms with Crippen LogP contribution in [0.3, 0.4) is 0 Å². The quantitative estimate of drug-likeness (QED) is 0.316. The number of fused-ring (bicyclic) bond motifs is 1. The number of carbonyl (C=O) groups is 1. The molecule has 5 rings (SSSR count). The molecule has 0 saturated heterocycles. The van der Waals surface area contributed by atoms with E-state index >= 15 is 0 Å². The molecule has 36 heavy (non-hydrogen) atoms. The largest absolute Gasteiger partial charge is 0.416 e. The lowest BCUT2D eigenvalue weighted by molar-refractivity contribution is -0.137. The number of aromatic nitrogens is 4. The third-order valence-electron chi connectivity index (χ3n) is 5.58. The Labute approximate surface area is 202 Å². The van der Waals surface area contributed by atoms with E-state index in [1.54, 1.807) is 24.7 Å². The maximum Gasteiger partial charge on any atom is 0.416 e. The van der Waals surface area contributed by atoms with E-state index in [-0.39, 0.29) is 17.8 Å². The molecule has 5 aromatic rings. The molecule has 180 valence electrons. The number of pyridine rings is 3. The Balaban J connectivity index is 1.34. The first-order valence-corrected chi connectivity index (χ1v) is 10.8. The molecule has 0 aliphatic carbocycles. The standard InChI is InChI=1S/C26H17F4N5O/c27-21-11-19(22-15-33-24-12-17(6-10-35(22)24)16-3-7-31-8-4-16)2-1-18(21)13-25(36)34-23-14-20(5-9-32-23)26(28,29)30/h1-12,14-15H,13H2,(H,32,34,36). The van der Waals surface area contributed by atoms with Gasteiger partial charge < -0.3 is 5.32 Å². The van der Waals surface area contributed by atoms with Crippen molar-refractivity contribution in [1.82, 2.24) is 19.4 Å². The molecule has 0 fully saturated rings. The Morgan fingerprint density at radius 2 is 1.69 bits per heavy atom. The summed E-state index contributed by atoms with van der Waals surface area (Å²) in [4.78, 5) is 24.5. The van der Waals surface area contributed by atoms with Gasteiger partial charge in [0.05, 0.1) is 23.9 Å². The normalized spacial score (nSPS) is 11.6. The van der Waals surface area contributed by atoms with Gasteiger partial charge in [0, 0.05) is 30.4 Å². The molecule has 1 N–H and O–H groups in total. The number of benzene rings is 1. The Hall–Kier alpha value is -4.60. The van der Waals surface area contributed by atoms with Crippen LogP contribution >= 0.6 is 0 Å². The van der Waals surface area contributed by atoms with E-state index in [1.807, 2.05) is 34.9 Å². The van der Waals surface area contributed by atoms with Gasteiger partial charge in [-0.3, -0.25) is 14.2 Å². The van der Waals surface area contributed by atoms with Crippen LogP contribution in [0.1, 0.15) is 11.1 Å². The molecule has 0 saturated carbocycles. The smallest absolute Gasteiger partial charge is 0.310 e. The van der Waals surface area contributed by atoms with Gasteiger partial charge in [0.25, 0.3) is 0 Å². The van der Waals surface area contributed by atoms with Crippen LogP contribution in [0, 0.1) is 5.82 Å². The van der Waals surface area contributed by atoms with Gasteiger partial charge >= 0.3 is 6.18 Å². The van der Waals surface area contributed by atoms with E-state index < -0.39 is 23.5 Å². The molecule has 6 nitrogen and oxygen atoms in total. The number of halogens is 4. The molecule has 0 aliphatic rings. The molecule has 0 unspecified atom stereocenters. The number of hydrogen-bond donors (Lipinski definition) is 1. The molecule has 4 aromatic heterocycles. The second-order valence-electron chi connectivity index (χ2n) is 7.98. The first kappa shape index (κ1) is 23.2. The predicted octanol–water partition coefficient (Wildman–Crippen LogP) is 5.80. The van der Waals surface area contributed by atoms with Crippen molar-refractivity contribution in [2.75, 3.05) is 5.32 Å². The highest BCUT2D eigenvalue weighted by Gasteiger charge is 2.30. The zero-order valence-corrected chi connectivity index (χ0v) is 18.5. The summed E-state index contributed by atoms with van der Waals surface area (Å²) in [7, 11) is 0. The number of imidazole rings is 1. The average molecular weight is 491 g/mol. The first-order valence-electron chi connectivity index (χ1n) is 10.8. The third-order valence-corrected chi connectivity index (χ3v) is 5.58. The van der Waals surface area contributed by atoms with Crippen LogP contribution in [0.15, 0.2) is 85.6 Å². The highest BCUT2D eigenvalue weighted by Crippen LogP contribution is 2.30. The van der Waals surface area contributed by atoms with Gasteiger partial charge in [-0.2, -0.15) is 13.2 Å². The number of nitrogens with zero attached hydrogens (tertiary/aromatic N) is 4. The van der Waals surface area contributed by atoms with Crippen LogP contribution in [0.4, 0.5) is 23.4 Å². The van der Waals surface area contributed by atoms with Gasteiger partial charge in [0.2, 0.25) is 5.91 Å². The van der Waals surface area contributed by atoms with Crippen LogP contribution in [-0.2, 0) is 17.4 Å². The van der Waals surface area contributed by atoms with Crippen LogP contribution in [-0.4, -0.2) is 25.3 Å². The van der Waals surface area contributed by atoms with Crippen LogP contribution < -0.4 is 5.32 Å². The lowest BCUT2D eigenvalue weighted by Crippen LogP contribution is -2.17. The van der Waals surface area contributed by atoms with Crippen molar-refractivity contribution in [2.24, 2.45) is 0 Å². The van der Waals surface area contributed by atoms with Crippen molar-refractivity contribution in [1.29, 1.82) is 0 Å².